The maximum atomic E-state index is 3.54. The summed E-state index contributed by atoms with van der Waals surface area (Å²) in [4.78, 5) is 4.93. The van der Waals surface area contributed by atoms with Gasteiger partial charge in [-0.1, -0.05) is 25.1 Å². The molecule has 1 aromatic rings. The van der Waals surface area contributed by atoms with Gasteiger partial charge in [0, 0.05) is 30.9 Å². The predicted octanol–water partition coefficient (Wildman–Crippen LogP) is 2.89. The van der Waals surface area contributed by atoms with E-state index in [2.05, 4.69) is 67.3 Å². The molecular weight excluding hydrogens is 246 g/mol. The van der Waals surface area contributed by atoms with Crippen molar-refractivity contribution < 1.29 is 0 Å². The molecule has 0 aromatic heterocycles. The molecule has 0 bridgehead atoms. The van der Waals surface area contributed by atoms with Crippen molar-refractivity contribution in [1.29, 1.82) is 0 Å². The Morgan fingerprint density at radius 3 is 2.80 bits per heavy atom. The zero-order valence-electron chi connectivity index (χ0n) is 13.4. The first-order valence-corrected chi connectivity index (χ1v) is 7.87. The lowest BCUT2D eigenvalue weighted by molar-refractivity contribution is 0.258. The fraction of sp³-hybridized carbons (Fsp3) is 0.647. The second-order valence-corrected chi connectivity index (χ2v) is 6.04. The van der Waals surface area contributed by atoms with Crippen LogP contribution in [0.1, 0.15) is 38.3 Å². The van der Waals surface area contributed by atoms with Crippen molar-refractivity contribution in [3.63, 3.8) is 0 Å². The largest absolute Gasteiger partial charge is 0.370 e. The minimum absolute atomic E-state index is 0.413. The number of nitrogens with zero attached hydrogens (tertiary/aromatic N) is 2. The fourth-order valence-electron chi connectivity index (χ4n) is 3.15. The number of piperidine rings is 1. The molecule has 0 spiro atoms. The third-order valence-electron chi connectivity index (χ3n) is 4.38. The van der Waals surface area contributed by atoms with Crippen LogP contribution in [0, 0.1) is 0 Å². The van der Waals surface area contributed by atoms with Crippen LogP contribution >= 0.6 is 0 Å². The van der Waals surface area contributed by atoms with E-state index in [1.54, 1.807) is 0 Å². The first kappa shape index (κ1) is 15.3. The SMILES string of the molecule is CCNC(C)c1ccccc1N1CCCC(N(C)C)C1. The van der Waals surface area contributed by atoms with Gasteiger partial charge in [0.2, 0.25) is 0 Å². The minimum Gasteiger partial charge on any atom is -0.370 e. The van der Waals surface area contributed by atoms with Crippen LogP contribution < -0.4 is 10.2 Å². The fourth-order valence-corrected chi connectivity index (χ4v) is 3.15. The topological polar surface area (TPSA) is 18.5 Å². The van der Waals surface area contributed by atoms with E-state index in [-0.39, 0.29) is 0 Å². The smallest absolute Gasteiger partial charge is 0.0415 e. The first-order valence-electron chi connectivity index (χ1n) is 7.87. The van der Waals surface area contributed by atoms with Crippen LogP contribution in [-0.2, 0) is 0 Å². The summed E-state index contributed by atoms with van der Waals surface area (Å²) in [7, 11) is 4.39. The highest BCUT2D eigenvalue weighted by Gasteiger charge is 2.23. The van der Waals surface area contributed by atoms with Crippen molar-refractivity contribution in [3.8, 4) is 0 Å². The second kappa shape index (κ2) is 7.09. The monoisotopic (exact) mass is 275 g/mol. The summed E-state index contributed by atoms with van der Waals surface area (Å²) in [5.74, 6) is 0. The van der Waals surface area contributed by atoms with Crippen LogP contribution in [0.25, 0.3) is 0 Å². The van der Waals surface area contributed by atoms with Crippen LogP contribution in [0.4, 0.5) is 5.69 Å². The van der Waals surface area contributed by atoms with Crippen LogP contribution in [0.15, 0.2) is 24.3 Å². The average Bonchev–Trinajstić information content (AvgIpc) is 2.47. The van der Waals surface area contributed by atoms with E-state index in [1.807, 2.05) is 0 Å². The lowest BCUT2D eigenvalue weighted by Crippen LogP contribution is -2.45. The molecule has 2 atom stereocenters. The lowest BCUT2D eigenvalue weighted by Gasteiger charge is -2.39. The molecular formula is C17H29N3. The van der Waals surface area contributed by atoms with Crippen molar-refractivity contribution >= 4 is 5.69 Å². The Kier molecular flexibility index (Phi) is 5.44. The maximum Gasteiger partial charge on any atom is 0.0415 e. The van der Waals surface area contributed by atoms with Gasteiger partial charge in [-0.05, 0) is 52.0 Å². The van der Waals surface area contributed by atoms with E-state index >= 15 is 0 Å². The Balaban J connectivity index is 2.19. The van der Waals surface area contributed by atoms with Gasteiger partial charge in [0.25, 0.3) is 0 Å². The summed E-state index contributed by atoms with van der Waals surface area (Å²) in [6, 6.07) is 9.95. The van der Waals surface area contributed by atoms with Crippen molar-refractivity contribution in [2.24, 2.45) is 0 Å². The number of nitrogens with one attached hydrogen (secondary N) is 1. The van der Waals surface area contributed by atoms with Gasteiger partial charge in [-0.3, -0.25) is 0 Å². The highest BCUT2D eigenvalue weighted by molar-refractivity contribution is 5.55. The molecule has 2 rings (SSSR count). The zero-order chi connectivity index (χ0) is 14.5. The lowest BCUT2D eigenvalue weighted by atomic mass is 10.00. The summed E-state index contributed by atoms with van der Waals surface area (Å²) in [5, 5.41) is 3.54. The van der Waals surface area contributed by atoms with E-state index in [1.165, 1.54) is 30.6 Å². The molecule has 0 aliphatic carbocycles. The summed E-state index contributed by atoms with van der Waals surface area (Å²) in [6.45, 7) is 7.76. The van der Waals surface area contributed by atoms with Gasteiger partial charge in [-0.2, -0.15) is 0 Å². The van der Waals surface area contributed by atoms with E-state index in [9.17, 15) is 0 Å². The van der Waals surface area contributed by atoms with Gasteiger partial charge in [0.1, 0.15) is 0 Å². The summed E-state index contributed by atoms with van der Waals surface area (Å²) >= 11 is 0. The molecule has 1 aromatic carbocycles. The summed E-state index contributed by atoms with van der Waals surface area (Å²) in [6.07, 6.45) is 2.60. The number of likely N-dealkylation sites (N-methyl/N-ethyl adjacent to an activating group) is 1. The number of rotatable bonds is 5. The first-order chi connectivity index (χ1) is 9.63. The molecule has 112 valence electrons. The molecule has 1 saturated heterocycles. The molecule has 20 heavy (non-hydrogen) atoms. The van der Waals surface area contributed by atoms with Crippen LogP contribution in [0.5, 0.6) is 0 Å². The second-order valence-electron chi connectivity index (χ2n) is 6.04. The van der Waals surface area contributed by atoms with Gasteiger partial charge in [0.15, 0.2) is 0 Å². The highest BCUT2D eigenvalue weighted by Crippen LogP contribution is 2.29. The van der Waals surface area contributed by atoms with E-state index in [0.717, 1.165) is 13.1 Å². The number of anilines is 1. The van der Waals surface area contributed by atoms with Crippen LogP contribution in [0.3, 0.4) is 0 Å². The van der Waals surface area contributed by atoms with Crippen molar-refractivity contribution in [1.82, 2.24) is 10.2 Å². The summed E-state index contributed by atoms with van der Waals surface area (Å²) in [5.41, 5.74) is 2.83. The van der Waals surface area contributed by atoms with Crippen molar-refractivity contribution in [2.45, 2.75) is 38.8 Å². The molecule has 1 aliphatic heterocycles. The molecule has 3 nitrogen and oxygen atoms in total. The van der Waals surface area contributed by atoms with Crippen molar-refractivity contribution in [2.75, 3.05) is 38.6 Å². The quantitative estimate of drug-likeness (QED) is 0.891. The molecule has 2 unspecified atom stereocenters. The Bertz CT molecular complexity index is 416. The molecule has 0 saturated carbocycles. The molecule has 1 heterocycles. The number of hydrogen-bond donors (Lipinski definition) is 1. The van der Waals surface area contributed by atoms with E-state index < -0.39 is 0 Å². The van der Waals surface area contributed by atoms with Crippen LogP contribution in [-0.4, -0.2) is 44.7 Å². The van der Waals surface area contributed by atoms with Gasteiger partial charge in [-0.15, -0.1) is 0 Å². The Labute approximate surface area is 124 Å². The molecule has 1 N–H and O–H groups in total. The van der Waals surface area contributed by atoms with E-state index in [0.29, 0.717) is 12.1 Å². The van der Waals surface area contributed by atoms with Gasteiger partial charge < -0.3 is 15.1 Å². The van der Waals surface area contributed by atoms with E-state index in [4.69, 9.17) is 0 Å². The Hall–Kier alpha value is -1.06. The summed E-state index contributed by atoms with van der Waals surface area (Å²) < 4.78 is 0. The maximum absolute atomic E-state index is 3.54. The van der Waals surface area contributed by atoms with Gasteiger partial charge in [0.05, 0.1) is 0 Å². The molecule has 1 fully saturated rings. The molecule has 0 amide bonds. The standard InChI is InChI=1S/C17H29N3/c1-5-18-14(2)16-10-6-7-11-17(16)20-12-8-9-15(13-20)19(3)4/h6-7,10-11,14-15,18H,5,8-9,12-13H2,1-4H3. The number of para-hydroxylation sites is 1. The third-order valence-corrected chi connectivity index (χ3v) is 4.38. The molecule has 3 heteroatoms. The van der Waals surface area contributed by atoms with Gasteiger partial charge in [-0.25, -0.2) is 0 Å². The van der Waals surface area contributed by atoms with Gasteiger partial charge >= 0.3 is 0 Å². The predicted molar refractivity (Wildman–Crippen MR) is 87.5 cm³/mol. The minimum atomic E-state index is 0.413. The highest BCUT2D eigenvalue weighted by atomic mass is 15.2. The molecule has 0 radical (unpaired) electrons. The van der Waals surface area contributed by atoms with Crippen LogP contribution in [0.2, 0.25) is 0 Å². The number of benzene rings is 1. The van der Waals surface area contributed by atoms with Crippen molar-refractivity contribution in [3.05, 3.63) is 29.8 Å². The Morgan fingerprint density at radius 2 is 2.10 bits per heavy atom. The normalized spacial score (nSPS) is 21.2. The molecule has 1 aliphatic rings. The Morgan fingerprint density at radius 1 is 1.35 bits per heavy atom. The average molecular weight is 275 g/mol. The number of hydrogen-bond acceptors (Lipinski definition) is 3. The zero-order valence-corrected chi connectivity index (χ0v) is 13.4. The third kappa shape index (κ3) is 3.53.